The number of aromatic amines is 1. The van der Waals surface area contributed by atoms with Crippen LogP contribution >= 0.6 is 11.6 Å². The Morgan fingerprint density at radius 3 is 2.91 bits per heavy atom. The zero-order chi connectivity index (χ0) is 16.0. The number of imidazole rings is 1. The molecule has 0 saturated carbocycles. The second kappa shape index (κ2) is 5.22. The molecule has 4 rings (SSSR count). The van der Waals surface area contributed by atoms with Crippen LogP contribution in [0.2, 0.25) is 5.02 Å². The number of halogens is 1. The van der Waals surface area contributed by atoms with Gasteiger partial charge in [0.15, 0.2) is 11.5 Å². The third-order valence-electron chi connectivity index (χ3n) is 3.77. The van der Waals surface area contributed by atoms with E-state index in [4.69, 9.17) is 17.3 Å². The second-order valence-corrected chi connectivity index (χ2v) is 5.72. The average Bonchev–Trinajstić information content (AvgIpc) is 3.12. The molecule has 0 aliphatic heterocycles. The number of aliphatic hydroxyl groups excluding tert-OH is 1. The number of aliphatic hydroxyl groups is 1. The topological polar surface area (TPSA) is 106 Å². The van der Waals surface area contributed by atoms with Crippen molar-refractivity contribution in [1.82, 2.24) is 24.5 Å². The highest BCUT2D eigenvalue weighted by molar-refractivity contribution is 6.31. The molecule has 3 aromatic heterocycles. The van der Waals surface area contributed by atoms with Crippen molar-refractivity contribution in [3.05, 3.63) is 47.1 Å². The van der Waals surface area contributed by atoms with Crippen LogP contribution in [0.5, 0.6) is 0 Å². The van der Waals surface area contributed by atoms with Gasteiger partial charge in [0.05, 0.1) is 25.0 Å². The molecule has 116 valence electrons. The highest BCUT2D eigenvalue weighted by atomic mass is 35.5. The number of rotatable bonds is 3. The van der Waals surface area contributed by atoms with E-state index in [1.165, 1.54) is 6.33 Å². The molecule has 0 spiro atoms. The number of hydrogen-bond donors (Lipinski definition) is 3. The van der Waals surface area contributed by atoms with Crippen molar-refractivity contribution in [2.45, 2.75) is 13.2 Å². The number of benzene rings is 1. The molecular weight excluding hydrogens is 316 g/mol. The number of nitrogens with one attached hydrogen (secondary N) is 1. The van der Waals surface area contributed by atoms with Gasteiger partial charge in [-0.15, -0.1) is 0 Å². The number of fused-ring (bicyclic) bond motifs is 2. The van der Waals surface area contributed by atoms with Crippen molar-refractivity contribution >= 4 is 39.5 Å². The molecular formula is C15H13ClN6O. The lowest BCUT2D eigenvalue weighted by Crippen LogP contribution is -2.01. The first-order chi connectivity index (χ1) is 11.2. The van der Waals surface area contributed by atoms with Crippen LogP contribution in [0, 0.1) is 0 Å². The van der Waals surface area contributed by atoms with Gasteiger partial charge in [0.2, 0.25) is 0 Å². The summed E-state index contributed by atoms with van der Waals surface area (Å²) in [7, 11) is 0. The maximum Gasteiger partial charge on any atom is 0.165 e. The molecule has 3 heterocycles. The molecule has 0 fully saturated rings. The minimum absolute atomic E-state index is 0.0521. The third-order valence-corrected chi connectivity index (χ3v) is 3.99. The number of aromatic nitrogens is 5. The molecule has 0 radical (unpaired) electrons. The first-order valence-electron chi connectivity index (χ1n) is 6.98. The quantitative estimate of drug-likeness (QED) is 0.534. The van der Waals surface area contributed by atoms with E-state index in [-0.39, 0.29) is 6.61 Å². The summed E-state index contributed by atoms with van der Waals surface area (Å²) in [5, 5.41) is 10.9. The molecule has 4 aromatic rings. The Bertz CT molecular complexity index is 1020. The van der Waals surface area contributed by atoms with Gasteiger partial charge in [-0.3, -0.25) is 0 Å². The standard InChI is InChI=1S/C15H13ClN6O/c16-10-1-8-3-11(5-23)21-12(8)9(2-10)4-22-7-20-13-14(17)18-6-19-15(13)22/h1-3,6-7,21,23H,4-5H2,(H2,17,18,19). The summed E-state index contributed by atoms with van der Waals surface area (Å²) in [5.41, 5.74) is 9.71. The van der Waals surface area contributed by atoms with Crippen LogP contribution in [-0.4, -0.2) is 29.6 Å². The van der Waals surface area contributed by atoms with Crippen LogP contribution in [0.25, 0.3) is 22.1 Å². The minimum atomic E-state index is -0.0521. The van der Waals surface area contributed by atoms with Crippen LogP contribution in [0.3, 0.4) is 0 Å². The smallest absolute Gasteiger partial charge is 0.165 e. The summed E-state index contributed by atoms with van der Waals surface area (Å²) in [5.74, 6) is 0.354. The molecule has 0 atom stereocenters. The fourth-order valence-electron chi connectivity index (χ4n) is 2.74. The number of nitrogen functional groups attached to an aromatic ring is 1. The van der Waals surface area contributed by atoms with E-state index in [2.05, 4.69) is 19.9 Å². The molecule has 4 N–H and O–H groups in total. The van der Waals surface area contributed by atoms with E-state index in [0.29, 0.717) is 28.5 Å². The summed E-state index contributed by atoms with van der Waals surface area (Å²) < 4.78 is 1.89. The van der Waals surface area contributed by atoms with Gasteiger partial charge in [-0.2, -0.15) is 0 Å². The zero-order valence-corrected chi connectivity index (χ0v) is 12.7. The van der Waals surface area contributed by atoms with Crippen LogP contribution in [0.15, 0.2) is 30.9 Å². The molecule has 23 heavy (non-hydrogen) atoms. The Labute approximate surface area is 135 Å². The molecule has 8 heteroatoms. The first kappa shape index (κ1) is 14.0. The maximum absolute atomic E-state index is 9.32. The van der Waals surface area contributed by atoms with Crippen LogP contribution in [-0.2, 0) is 13.2 Å². The van der Waals surface area contributed by atoms with Gasteiger partial charge in [0, 0.05) is 16.1 Å². The molecule has 7 nitrogen and oxygen atoms in total. The molecule has 0 bridgehead atoms. The number of nitrogens with two attached hydrogens (primary N) is 1. The van der Waals surface area contributed by atoms with Crippen molar-refractivity contribution in [3.63, 3.8) is 0 Å². The molecule has 0 amide bonds. The number of hydrogen-bond acceptors (Lipinski definition) is 5. The maximum atomic E-state index is 9.32. The number of nitrogens with zero attached hydrogens (tertiary/aromatic N) is 4. The lowest BCUT2D eigenvalue weighted by molar-refractivity contribution is 0.278. The largest absolute Gasteiger partial charge is 0.390 e. The van der Waals surface area contributed by atoms with Gasteiger partial charge in [-0.1, -0.05) is 11.6 Å². The van der Waals surface area contributed by atoms with Gasteiger partial charge in [-0.05, 0) is 23.8 Å². The predicted molar refractivity (Wildman–Crippen MR) is 88.1 cm³/mol. The van der Waals surface area contributed by atoms with Crippen LogP contribution in [0.1, 0.15) is 11.3 Å². The van der Waals surface area contributed by atoms with Gasteiger partial charge in [0.1, 0.15) is 11.8 Å². The third kappa shape index (κ3) is 2.30. The highest BCUT2D eigenvalue weighted by Crippen LogP contribution is 2.26. The van der Waals surface area contributed by atoms with Crippen molar-refractivity contribution in [3.8, 4) is 0 Å². The molecule has 0 aliphatic rings. The number of H-pyrrole nitrogens is 1. The van der Waals surface area contributed by atoms with E-state index >= 15 is 0 Å². The van der Waals surface area contributed by atoms with Crippen molar-refractivity contribution < 1.29 is 5.11 Å². The van der Waals surface area contributed by atoms with E-state index in [1.54, 1.807) is 6.33 Å². The summed E-state index contributed by atoms with van der Waals surface area (Å²) in [6.07, 6.45) is 3.10. The summed E-state index contributed by atoms with van der Waals surface area (Å²) >= 11 is 6.21. The summed E-state index contributed by atoms with van der Waals surface area (Å²) in [6.45, 7) is 0.471. The fraction of sp³-hybridized carbons (Fsp3) is 0.133. The first-order valence-corrected chi connectivity index (χ1v) is 7.35. The van der Waals surface area contributed by atoms with E-state index < -0.39 is 0 Å². The zero-order valence-electron chi connectivity index (χ0n) is 12.0. The Hall–Kier alpha value is -2.64. The van der Waals surface area contributed by atoms with Crippen molar-refractivity contribution in [2.24, 2.45) is 0 Å². The molecule has 0 unspecified atom stereocenters. The van der Waals surface area contributed by atoms with Gasteiger partial charge in [0.25, 0.3) is 0 Å². The minimum Gasteiger partial charge on any atom is -0.390 e. The van der Waals surface area contributed by atoms with E-state index in [9.17, 15) is 5.11 Å². The average molecular weight is 329 g/mol. The van der Waals surface area contributed by atoms with Crippen LogP contribution in [0.4, 0.5) is 5.82 Å². The molecule has 0 saturated heterocycles. The molecule has 0 aliphatic carbocycles. The van der Waals surface area contributed by atoms with E-state index in [0.717, 1.165) is 22.2 Å². The predicted octanol–water partition coefficient (Wildman–Crippen LogP) is 2.08. The SMILES string of the molecule is Nc1ncnc2c1ncn2Cc1cc(Cl)cc2cc(CO)[nH]c12. The van der Waals surface area contributed by atoms with Gasteiger partial charge in [-0.25, -0.2) is 15.0 Å². The Morgan fingerprint density at radius 2 is 2.09 bits per heavy atom. The van der Waals surface area contributed by atoms with Crippen molar-refractivity contribution in [1.29, 1.82) is 0 Å². The summed E-state index contributed by atoms with van der Waals surface area (Å²) in [4.78, 5) is 15.7. The molecule has 1 aromatic carbocycles. The highest BCUT2D eigenvalue weighted by Gasteiger charge is 2.12. The van der Waals surface area contributed by atoms with Crippen molar-refractivity contribution in [2.75, 3.05) is 5.73 Å². The monoisotopic (exact) mass is 328 g/mol. The van der Waals surface area contributed by atoms with Gasteiger partial charge >= 0.3 is 0 Å². The Balaban J connectivity index is 1.85. The van der Waals surface area contributed by atoms with Gasteiger partial charge < -0.3 is 20.4 Å². The normalized spacial score (nSPS) is 11.6. The fourth-order valence-corrected chi connectivity index (χ4v) is 2.99. The van der Waals surface area contributed by atoms with Crippen LogP contribution < -0.4 is 5.73 Å². The van der Waals surface area contributed by atoms with E-state index in [1.807, 2.05) is 22.8 Å². The lowest BCUT2D eigenvalue weighted by Gasteiger charge is -2.07. The summed E-state index contributed by atoms with van der Waals surface area (Å²) in [6, 6.07) is 5.64. The second-order valence-electron chi connectivity index (χ2n) is 5.29. The number of anilines is 1. The Kier molecular flexibility index (Phi) is 3.17. The Morgan fingerprint density at radius 1 is 1.22 bits per heavy atom. The lowest BCUT2D eigenvalue weighted by atomic mass is 10.1.